The van der Waals surface area contributed by atoms with E-state index in [1.54, 1.807) is 41.0 Å². The molecule has 0 radical (unpaired) electrons. The summed E-state index contributed by atoms with van der Waals surface area (Å²) in [5.74, 6) is -1.49. The minimum absolute atomic E-state index is 0. The first-order valence-corrected chi connectivity index (χ1v) is 18.6. The van der Waals surface area contributed by atoms with Crippen molar-refractivity contribution in [3.8, 4) is 0 Å². The Morgan fingerprint density at radius 2 is 1.47 bits per heavy atom. The van der Waals surface area contributed by atoms with Crippen molar-refractivity contribution >= 4 is 69.3 Å². The van der Waals surface area contributed by atoms with Crippen LogP contribution in [0.2, 0.25) is 5.02 Å². The van der Waals surface area contributed by atoms with E-state index >= 15 is 0 Å². The van der Waals surface area contributed by atoms with Crippen LogP contribution in [-0.4, -0.2) is 162 Å². The largest absolute Gasteiger partial charge is 0.480 e. The Hall–Kier alpha value is -4.38. The van der Waals surface area contributed by atoms with Gasteiger partial charge >= 0.3 is 24.2 Å². The molecule has 1 atom stereocenters. The van der Waals surface area contributed by atoms with Gasteiger partial charge in [0.25, 0.3) is 5.91 Å². The topological polar surface area (TPSA) is 191 Å². The third-order valence-corrected chi connectivity index (χ3v) is 10.1. The van der Waals surface area contributed by atoms with Gasteiger partial charge in [-0.15, -0.1) is 0 Å². The van der Waals surface area contributed by atoms with E-state index in [0.717, 1.165) is 10.0 Å². The second-order valence-electron chi connectivity index (χ2n) is 13.3. The molecule has 2 heterocycles. The third-order valence-electron chi connectivity index (χ3n) is 9.31. The van der Waals surface area contributed by atoms with Gasteiger partial charge in [0.05, 0.1) is 18.8 Å². The molecule has 302 valence electrons. The maximum atomic E-state index is 13.9. The number of imide groups is 1. The lowest BCUT2D eigenvalue weighted by Gasteiger charge is -2.32. The molecule has 2 saturated heterocycles. The summed E-state index contributed by atoms with van der Waals surface area (Å²) >= 11 is 9.66. The summed E-state index contributed by atoms with van der Waals surface area (Å²) in [6.45, 7) is 5.60. The Morgan fingerprint density at radius 1 is 0.891 bits per heavy atom. The quantitative estimate of drug-likeness (QED) is 0.209. The molecule has 2 aliphatic heterocycles. The fourth-order valence-corrected chi connectivity index (χ4v) is 6.76. The molecule has 0 aliphatic carbocycles. The molecule has 0 saturated carbocycles. The van der Waals surface area contributed by atoms with Crippen molar-refractivity contribution in [3.05, 3.63) is 63.6 Å². The second kappa shape index (κ2) is 22.9. The molecule has 2 aromatic carbocycles. The highest BCUT2D eigenvalue weighted by Gasteiger charge is 2.54. The molecule has 0 aromatic heterocycles. The summed E-state index contributed by atoms with van der Waals surface area (Å²) in [7, 11) is 1.93. The number of nitrogens with zero attached hydrogens (tertiary/aromatic N) is 6. The SMILES string of the molecule is C.CN1CCN(CC(=O)O)CCN(C(=O)O)CCN(CC(=O)NCCCCN2C(=O)N(c3cccc(Cl)c3)C(=O)[C@]2(C)Cc2ccc(Br)cc2)CC1.O=C=O. The molecule has 2 fully saturated rings. The summed E-state index contributed by atoms with van der Waals surface area (Å²) in [5.41, 5.74) is 0.184. The summed E-state index contributed by atoms with van der Waals surface area (Å²) in [5, 5.41) is 22.3. The van der Waals surface area contributed by atoms with Crippen LogP contribution in [0.25, 0.3) is 0 Å². The molecule has 18 heteroatoms. The van der Waals surface area contributed by atoms with Crippen LogP contribution in [0.3, 0.4) is 0 Å². The predicted octanol–water partition coefficient (Wildman–Crippen LogP) is 3.44. The molecule has 2 aliphatic rings. The summed E-state index contributed by atoms with van der Waals surface area (Å²) in [6, 6.07) is 13.9. The van der Waals surface area contributed by atoms with E-state index in [9.17, 15) is 34.2 Å². The number of likely N-dealkylation sites (N-methyl/N-ethyl adjacent to an activating group) is 1. The lowest BCUT2D eigenvalue weighted by Crippen LogP contribution is -2.49. The first-order chi connectivity index (χ1) is 25.7. The number of hydrogen-bond donors (Lipinski definition) is 3. The molecule has 0 bridgehead atoms. The zero-order chi connectivity index (χ0) is 39.8. The van der Waals surface area contributed by atoms with E-state index in [-0.39, 0.29) is 51.6 Å². The number of carboxylic acid groups (broad SMARTS) is 2. The van der Waals surface area contributed by atoms with Gasteiger partial charge in [-0.1, -0.05) is 53.2 Å². The summed E-state index contributed by atoms with van der Waals surface area (Å²) in [6.07, 6.45) is 0.589. The molecular formula is C37H51BrClN7O9. The molecule has 4 rings (SSSR count). The molecule has 3 N–H and O–H groups in total. The van der Waals surface area contributed by atoms with E-state index in [2.05, 4.69) is 26.1 Å². The van der Waals surface area contributed by atoms with Gasteiger partial charge in [-0.25, -0.2) is 14.5 Å². The third kappa shape index (κ3) is 14.3. The number of unbranched alkanes of at least 4 members (excludes halogenated alkanes) is 1. The van der Waals surface area contributed by atoms with E-state index in [0.29, 0.717) is 82.3 Å². The zero-order valence-electron chi connectivity index (χ0n) is 30.4. The highest BCUT2D eigenvalue weighted by molar-refractivity contribution is 9.10. The number of carboxylic acids is 1. The molecular weight excluding hydrogens is 802 g/mol. The van der Waals surface area contributed by atoms with Crippen molar-refractivity contribution in [1.82, 2.24) is 29.8 Å². The normalized spacial score (nSPS) is 18.9. The number of aliphatic carboxylic acids is 1. The van der Waals surface area contributed by atoms with Crippen LogP contribution in [-0.2, 0) is 30.4 Å². The molecule has 0 spiro atoms. The lowest BCUT2D eigenvalue weighted by atomic mass is 9.91. The second-order valence-corrected chi connectivity index (χ2v) is 14.6. The predicted molar refractivity (Wildman–Crippen MR) is 209 cm³/mol. The number of hydrogen-bond acceptors (Lipinski definition) is 10. The van der Waals surface area contributed by atoms with Gasteiger partial charge in [0.2, 0.25) is 5.91 Å². The Kier molecular flexibility index (Phi) is 19.4. The number of halogens is 2. The fraction of sp³-hybridized carbons (Fsp3) is 0.514. The van der Waals surface area contributed by atoms with Gasteiger partial charge in [-0.05, 0) is 62.7 Å². The molecule has 0 unspecified atom stereocenters. The number of benzene rings is 2. The fourth-order valence-electron chi connectivity index (χ4n) is 6.31. The van der Waals surface area contributed by atoms with Gasteiger partial charge in [0.1, 0.15) is 5.54 Å². The standard InChI is InChI=1S/C35H47BrClN7O7.CO2.CH4/c1-35(23-26-8-10-27(36)11-9-26)32(48)44(29-7-5-6-28(37)22-29)33(49)43(35)13-4-3-12-38-30(45)24-40-16-14-39(2)15-17-41(25-31(46)47)19-21-42(20-18-40)34(50)51;2-1-3;/h5-11,22H,3-4,12-21,23-25H2,1-2H3,(H,38,45)(H,46,47)(H,50,51);;1H4/t35-;;/m0../s1. The van der Waals surface area contributed by atoms with Crippen LogP contribution >= 0.6 is 27.5 Å². The minimum atomic E-state index is -1.14. The van der Waals surface area contributed by atoms with Crippen molar-refractivity contribution in [2.24, 2.45) is 0 Å². The average Bonchev–Trinajstić information content (AvgIpc) is 3.29. The van der Waals surface area contributed by atoms with Gasteiger partial charge in [0.15, 0.2) is 0 Å². The van der Waals surface area contributed by atoms with Crippen LogP contribution < -0.4 is 10.2 Å². The highest BCUT2D eigenvalue weighted by Crippen LogP contribution is 2.36. The number of nitrogens with one attached hydrogen (secondary N) is 1. The first kappa shape index (κ1) is 46.8. The number of amides is 5. The van der Waals surface area contributed by atoms with E-state index < -0.39 is 23.6 Å². The average molecular weight is 853 g/mol. The summed E-state index contributed by atoms with van der Waals surface area (Å²) < 4.78 is 0.911. The Morgan fingerprint density at radius 3 is 2.04 bits per heavy atom. The number of carbonyl (C=O) groups is 5. The Labute approximate surface area is 335 Å². The van der Waals surface area contributed by atoms with Gasteiger partial charge in [-0.2, -0.15) is 9.59 Å². The van der Waals surface area contributed by atoms with Crippen LogP contribution in [0, 0.1) is 0 Å². The Balaban J connectivity index is 0.00000253. The van der Waals surface area contributed by atoms with Crippen LogP contribution in [0.4, 0.5) is 15.3 Å². The van der Waals surface area contributed by atoms with Gasteiger partial charge in [-0.3, -0.25) is 24.2 Å². The zero-order valence-corrected chi connectivity index (χ0v) is 32.8. The van der Waals surface area contributed by atoms with Gasteiger partial charge < -0.3 is 30.2 Å². The van der Waals surface area contributed by atoms with Gasteiger partial charge in [0, 0.05) is 81.4 Å². The van der Waals surface area contributed by atoms with Crippen molar-refractivity contribution < 1.29 is 43.8 Å². The number of carbonyl (C=O) groups excluding carboxylic acids is 5. The van der Waals surface area contributed by atoms with E-state index in [4.69, 9.17) is 21.2 Å². The van der Waals surface area contributed by atoms with Crippen molar-refractivity contribution in [2.45, 2.75) is 39.2 Å². The van der Waals surface area contributed by atoms with Crippen molar-refractivity contribution in [3.63, 3.8) is 0 Å². The lowest BCUT2D eigenvalue weighted by molar-refractivity contribution is -0.191. The van der Waals surface area contributed by atoms with Crippen LogP contribution in [0.5, 0.6) is 0 Å². The molecule has 16 nitrogen and oxygen atoms in total. The monoisotopic (exact) mass is 851 g/mol. The number of rotatable bonds is 12. The summed E-state index contributed by atoms with van der Waals surface area (Å²) in [4.78, 5) is 90.0. The maximum Gasteiger partial charge on any atom is 0.407 e. The molecule has 55 heavy (non-hydrogen) atoms. The maximum absolute atomic E-state index is 13.9. The van der Waals surface area contributed by atoms with Crippen LogP contribution in [0.15, 0.2) is 53.0 Å². The minimum Gasteiger partial charge on any atom is -0.480 e. The molecule has 5 amide bonds. The first-order valence-electron chi connectivity index (χ1n) is 17.4. The smallest absolute Gasteiger partial charge is 0.407 e. The van der Waals surface area contributed by atoms with Crippen molar-refractivity contribution in [2.75, 3.05) is 90.5 Å². The highest BCUT2D eigenvalue weighted by atomic mass is 79.9. The van der Waals surface area contributed by atoms with Crippen LogP contribution in [0.1, 0.15) is 32.8 Å². The van der Waals surface area contributed by atoms with E-state index in [1.807, 2.05) is 36.2 Å². The van der Waals surface area contributed by atoms with Crippen molar-refractivity contribution in [1.29, 1.82) is 0 Å². The number of urea groups is 1. The number of anilines is 1. The molecule has 2 aromatic rings. The van der Waals surface area contributed by atoms with E-state index in [1.165, 1.54) is 9.80 Å². The Bertz CT molecular complexity index is 1650.